The van der Waals surface area contributed by atoms with Crippen molar-refractivity contribution in [3.63, 3.8) is 0 Å². The fourth-order valence-corrected chi connectivity index (χ4v) is 3.05. The van der Waals surface area contributed by atoms with E-state index in [4.69, 9.17) is 37.9 Å². The van der Waals surface area contributed by atoms with E-state index in [9.17, 15) is 24.0 Å². The van der Waals surface area contributed by atoms with Crippen molar-refractivity contribution in [3.8, 4) is 0 Å². The van der Waals surface area contributed by atoms with Crippen molar-refractivity contribution >= 4 is 30.2 Å². The van der Waals surface area contributed by atoms with Gasteiger partial charge in [-0.25, -0.2) is 14.4 Å². The fourth-order valence-electron chi connectivity index (χ4n) is 3.05. The summed E-state index contributed by atoms with van der Waals surface area (Å²) in [7, 11) is 2.74. The molecule has 0 heterocycles. The second-order valence-electron chi connectivity index (χ2n) is 11.5. The van der Waals surface area contributed by atoms with Gasteiger partial charge in [-0.1, -0.05) is 0 Å². The van der Waals surface area contributed by atoms with E-state index < -0.39 is 54.5 Å². The van der Waals surface area contributed by atoms with Crippen LogP contribution in [0.25, 0.3) is 0 Å². The van der Waals surface area contributed by atoms with Gasteiger partial charge in [-0.2, -0.15) is 0 Å². The van der Waals surface area contributed by atoms with Gasteiger partial charge in [-0.15, -0.1) is 0 Å². The van der Waals surface area contributed by atoms with Crippen molar-refractivity contribution in [3.05, 3.63) is 0 Å². The number of hydrogen-bond donors (Lipinski definition) is 1. The summed E-state index contributed by atoms with van der Waals surface area (Å²) >= 11 is 0. The molecule has 0 aliphatic heterocycles. The lowest BCUT2D eigenvalue weighted by Crippen LogP contribution is -2.43. The molecule has 0 radical (unpaired) electrons. The third-order valence-corrected chi connectivity index (χ3v) is 5.07. The van der Waals surface area contributed by atoms with Gasteiger partial charge < -0.3 is 47.9 Å². The molecule has 0 bridgehead atoms. The molecule has 0 aromatic rings. The Bertz CT molecular complexity index is 905. The molecule has 0 saturated carbocycles. The molecule has 1 N–H and O–H groups in total. The summed E-state index contributed by atoms with van der Waals surface area (Å²) < 4.78 is 46.5. The molecule has 0 aromatic heterocycles. The van der Waals surface area contributed by atoms with E-state index in [0.29, 0.717) is 33.0 Å². The molecular formula is C29H53N3O14. The lowest BCUT2D eigenvalue weighted by molar-refractivity contribution is -0.147. The summed E-state index contributed by atoms with van der Waals surface area (Å²) in [6.45, 7) is 11.0. The van der Waals surface area contributed by atoms with Crippen LogP contribution in [0, 0.1) is 0 Å². The highest BCUT2D eigenvalue weighted by atomic mass is 16.6. The van der Waals surface area contributed by atoms with Crippen LogP contribution in [0.2, 0.25) is 0 Å². The minimum Gasteiger partial charge on any atom is -0.462 e. The number of rotatable bonds is 22. The largest absolute Gasteiger partial charge is 0.462 e. The molecular weight excluding hydrogens is 614 g/mol. The summed E-state index contributed by atoms with van der Waals surface area (Å²) in [4.78, 5) is 63.2. The SMILES string of the molecule is COCCN(CC(=O)OCCN(CC(=O)OCCOCCOCCOCCNC(=O)OC)C(=O)OC(C)(C)C)C(=O)OC(C)(C)C. The average molecular weight is 668 g/mol. The molecule has 0 fully saturated rings. The Hall–Kier alpha value is -3.41. The van der Waals surface area contributed by atoms with Crippen LogP contribution < -0.4 is 5.32 Å². The first-order chi connectivity index (χ1) is 21.6. The molecule has 46 heavy (non-hydrogen) atoms. The van der Waals surface area contributed by atoms with Gasteiger partial charge in [-0.3, -0.25) is 19.4 Å². The van der Waals surface area contributed by atoms with Crippen LogP contribution in [-0.4, -0.2) is 158 Å². The molecule has 0 aromatic carbocycles. The summed E-state index contributed by atoms with van der Waals surface area (Å²) in [5.41, 5.74) is -1.60. The normalized spacial score (nSPS) is 11.3. The zero-order valence-corrected chi connectivity index (χ0v) is 28.5. The summed E-state index contributed by atoms with van der Waals surface area (Å²) in [5, 5.41) is 2.48. The Morgan fingerprint density at radius 3 is 1.41 bits per heavy atom. The van der Waals surface area contributed by atoms with Crippen LogP contribution in [0.5, 0.6) is 0 Å². The van der Waals surface area contributed by atoms with E-state index in [1.165, 1.54) is 14.2 Å². The Morgan fingerprint density at radius 2 is 0.978 bits per heavy atom. The topological polar surface area (TPSA) is 187 Å². The smallest absolute Gasteiger partial charge is 0.410 e. The van der Waals surface area contributed by atoms with Crippen molar-refractivity contribution in [1.82, 2.24) is 15.1 Å². The molecule has 0 unspecified atom stereocenters. The van der Waals surface area contributed by atoms with Crippen molar-refractivity contribution in [2.24, 2.45) is 0 Å². The minimum atomic E-state index is -0.838. The Labute approximate surface area is 271 Å². The van der Waals surface area contributed by atoms with Crippen molar-refractivity contribution in [1.29, 1.82) is 0 Å². The molecule has 17 nitrogen and oxygen atoms in total. The van der Waals surface area contributed by atoms with Crippen LogP contribution in [0.1, 0.15) is 41.5 Å². The second kappa shape index (κ2) is 23.9. The van der Waals surface area contributed by atoms with Gasteiger partial charge in [0, 0.05) is 20.2 Å². The van der Waals surface area contributed by atoms with Gasteiger partial charge >= 0.3 is 30.2 Å². The predicted molar refractivity (Wildman–Crippen MR) is 162 cm³/mol. The maximum absolute atomic E-state index is 12.7. The molecule has 268 valence electrons. The highest BCUT2D eigenvalue weighted by molar-refractivity contribution is 5.79. The number of ether oxygens (including phenoxy) is 9. The Balaban J connectivity index is 4.54. The number of alkyl carbamates (subject to hydrolysis) is 1. The lowest BCUT2D eigenvalue weighted by atomic mass is 10.2. The highest BCUT2D eigenvalue weighted by Crippen LogP contribution is 2.11. The third kappa shape index (κ3) is 24.9. The minimum absolute atomic E-state index is 0.0613. The fraction of sp³-hybridized carbons (Fsp3) is 0.828. The van der Waals surface area contributed by atoms with Crippen LogP contribution in [0.4, 0.5) is 14.4 Å². The van der Waals surface area contributed by atoms with Crippen molar-refractivity contribution in [2.75, 3.05) is 106 Å². The molecule has 3 amide bonds. The van der Waals surface area contributed by atoms with Crippen molar-refractivity contribution < 1.29 is 66.6 Å². The summed E-state index contributed by atoms with van der Waals surface area (Å²) in [5.74, 6) is -1.46. The van der Waals surface area contributed by atoms with Crippen molar-refractivity contribution in [2.45, 2.75) is 52.7 Å². The maximum Gasteiger partial charge on any atom is 0.410 e. The zero-order chi connectivity index (χ0) is 35.0. The summed E-state index contributed by atoms with van der Waals surface area (Å²) in [6.07, 6.45) is -2.03. The predicted octanol–water partition coefficient (Wildman–Crippen LogP) is 1.60. The molecule has 0 spiro atoms. The Kier molecular flexibility index (Phi) is 22.1. The van der Waals surface area contributed by atoms with Gasteiger partial charge in [0.15, 0.2) is 0 Å². The number of amides is 3. The van der Waals surface area contributed by atoms with Crippen LogP contribution in [0.15, 0.2) is 0 Å². The number of esters is 2. The third-order valence-electron chi connectivity index (χ3n) is 5.07. The van der Waals surface area contributed by atoms with Gasteiger partial charge in [0.05, 0.1) is 59.9 Å². The molecule has 0 aliphatic carbocycles. The molecule has 0 aliphatic rings. The van der Waals surface area contributed by atoms with E-state index in [1.807, 2.05) is 0 Å². The maximum atomic E-state index is 12.7. The monoisotopic (exact) mass is 667 g/mol. The quantitative estimate of drug-likeness (QED) is 0.0996. The highest BCUT2D eigenvalue weighted by Gasteiger charge is 2.27. The number of hydrogen-bond acceptors (Lipinski definition) is 14. The average Bonchev–Trinajstić information content (AvgIpc) is 2.95. The lowest BCUT2D eigenvalue weighted by Gasteiger charge is -2.27. The van der Waals surface area contributed by atoms with Gasteiger partial charge in [0.2, 0.25) is 0 Å². The summed E-state index contributed by atoms with van der Waals surface area (Å²) in [6, 6.07) is 0. The van der Waals surface area contributed by atoms with Gasteiger partial charge in [0.25, 0.3) is 0 Å². The standard InChI is InChI=1S/C29H53N3O14/c1-28(2,3)45-26(36)31(10-13-38-7)21-23(33)43-14-11-32(27(37)46-29(4,5)6)22-24(34)44-20-19-42-18-17-41-16-15-40-12-9-30-25(35)39-8/h9-22H2,1-8H3,(H,30,35). The number of carbonyl (C=O) groups is 5. The van der Waals surface area contributed by atoms with E-state index in [1.54, 1.807) is 41.5 Å². The van der Waals surface area contributed by atoms with E-state index in [2.05, 4.69) is 10.1 Å². The van der Waals surface area contributed by atoms with Crippen LogP contribution >= 0.6 is 0 Å². The second-order valence-corrected chi connectivity index (χ2v) is 11.5. The first-order valence-corrected chi connectivity index (χ1v) is 14.9. The van der Waals surface area contributed by atoms with Crippen LogP contribution in [-0.2, 0) is 52.2 Å². The molecule has 0 atom stereocenters. The van der Waals surface area contributed by atoms with Gasteiger partial charge in [-0.05, 0) is 41.5 Å². The first-order valence-electron chi connectivity index (χ1n) is 14.9. The Morgan fingerprint density at radius 1 is 0.565 bits per heavy atom. The molecule has 17 heteroatoms. The number of nitrogens with zero attached hydrogens (tertiary/aromatic N) is 2. The molecule has 0 saturated heterocycles. The first kappa shape index (κ1) is 42.6. The number of carbonyl (C=O) groups excluding carboxylic acids is 5. The van der Waals surface area contributed by atoms with E-state index >= 15 is 0 Å². The molecule has 0 rings (SSSR count). The van der Waals surface area contributed by atoms with E-state index in [-0.39, 0.29) is 46.1 Å². The number of nitrogens with one attached hydrogen (secondary N) is 1. The number of methoxy groups -OCH3 is 2. The van der Waals surface area contributed by atoms with Gasteiger partial charge in [0.1, 0.15) is 37.5 Å². The van der Waals surface area contributed by atoms with Crippen LogP contribution in [0.3, 0.4) is 0 Å². The zero-order valence-electron chi connectivity index (χ0n) is 28.5. The van der Waals surface area contributed by atoms with E-state index in [0.717, 1.165) is 9.80 Å².